The molecule has 0 bridgehead atoms. The van der Waals surface area contributed by atoms with E-state index in [4.69, 9.17) is 14.2 Å². The number of hydrogen-bond donors (Lipinski definition) is 2. The van der Waals surface area contributed by atoms with Gasteiger partial charge in [-0.3, -0.25) is 0 Å². The predicted octanol–water partition coefficient (Wildman–Crippen LogP) is 0.680. The zero-order valence-corrected chi connectivity index (χ0v) is 10.3. The first-order valence-electron chi connectivity index (χ1n) is 5.91. The van der Waals surface area contributed by atoms with E-state index in [9.17, 15) is 10.2 Å². The van der Waals surface area contributed by atoms with Gasteiger partial charge in [0.25, 0.3) is 0 Å². The van der Waals surface area contributed by atoms with Crippen molar-refractivity contribution in [1.29, 1.82) is 0 Å². The van der Waals surface area contributed by atoms with Crippen LogP contribution in [-0.4, -0.2) is 42.4 Å². The number of aliphatic hydroxyl groups is 2. The Hall–Kier alpha value is -1.14. The lowest BCUT2D eigenvalue weighted by molar-refractivity contribution is -0.117. The van der Waals surface area contributed by atoms with E-state index in [2.05, 4.69) is 0 Å². The van der Waals surface area contributed by atoms with Gasteiger partial charge >= 0.3 is 0 Å². The van der Waals surface area contributed by atoms with E-state index in [1.54, 1.807) is 7.11 Å². The van der Waals surface area contributed by atoms with Crippen LogP contribution in [-0.2, 0) is 16.1 Å². The van der Waals surface area contributed by atoms with E-state index in [-0.39, 0.29) is 13.0 Å². The van der Waals surface area contributed by atoms with E-state index in [1.807, 2.05) is 24.3 Å². The molecule has 2 N–H and O–H groups in total. The predicted molar refractivity (Wildman–Crippen MR) is 64.2 cm³/mol. The highest BCUT2D eigenvalue weighted by Gasteiger charge is 2.32. The molecule has 1 heterocycles. The van der Waals surface area contributed by atoms with Crippen LogP contribution < -0.4 is 4.74 Å². The lowest BCUT2D eigenvalue weighted by Gasteiger charge is -2.14. The molecule has 0 saturated carbocycles. The maximum absolute atomic E-state index is 9.54. The molecule has 3 atom stereocenters. The average Bonchev–Trinajstić information content (AvgIpc) is 2.69. The van der Waals surface area contributed by atoms with Crippen LogP contribution in [0.5, 0.6) is 5.75 Å². The number of ether oxygens (including phenoxy) is 3. The first kappa shape index (κ1) is 13.3. The number of rotatable bonds is 5. The number of methoxy groups -OCH3 is 1. The van der Waals surface area contributed by atoms with Crippen molar-refractivity contribution in [2.24, 2.45) is 0 Å². The third-order valence-corrected chi connectivity index (χ3v) is 2.91. The third kappa shape index (κ3) is 3.43. The molecule has 1 aromatic rings. The highest BCUT2D eigenvalue weighted by atomic mass is 16.6. The van der Waals surface area contributed by atoms with Crippen LogP contribution >= 0.6 is 0 Å². The minimum Gasteiger partial charge on any atom is -0.497 e. The molecule has 1 aliphatic heterocycles. The summed E-state index contributed by atoms with van der Waals surface area (Å²) in [4.78, 5) is 0. The molecule has 5 nitrogen and oxygen atoms in total. The summed E-state index contributed by atoms with van der Waals surface area (Å²) in [6.07, 6.45) is -1.74. The van der Waals surface area contributed by atoms with Crippen molar-refractivity contribution in [3.63, 3.8) is 0 Å². The van der Waals surface area contributed by atoms with Crippen molar-refractivity contribution in [1.82, 2.24) is 0 Å². The molecular weight excluding hydrogens is 236 g/mol. The molecule has 0 spiro atoms. The molecular formula is C13H18O5. The fraction of sp³-hybridized carbons (Fsp3) is 0.538. The smallest absolute Gasteiger partial charge is 0.157 e. The van der Waals surface area contributed by atoms with Crippen molar-refractivity contribution < 1.29 is 24.4 Å². The molecule has 0 aliphatic carbocycles. The molecule has 2 rings (SSSR count). The summed E-state index contributed by atoms with van der Waals surface area (Å²) >= 11 is 0. The van der Waals surface area contributed by atoms with E-state index in [0.717, 1.165) is 11.3 Å². The molecule has 1 unspecified atom stereocenters. The highest BCUT2D eigenvalue weighted by molar-refractivity contribution is 5.26. The van der Waals surface area contributed by atoms with Crippen LogP contribution in [0.3, 0.4) is 0 Å². The van der Waals surface area contributed by atoms with E-state index in [1.165, 1.54) is 0 Å². The molecule has 1 aliphatic rings. The van der Waals surface area contributed by atoms with Gasteiger partial charge in [0.1, 0.15) is 11.9 Å². The quantitative estimate of drug-likeness (QED) is 0.808. The Kier molecular flexibility index (Phi) is 4.54. The normalized spacial score (nSPS) is 27.4. The Morgan fingerprint density at radius 3 is 2.56 bits per heavy atom. The topological polar surface area (TPSA) is 68.2 Å². The van der Waals surface area contributed by atoms with Crippen LogP contribution in [0.1, 0.15) is 12.0 Å². The number of hydrogen-bond acceptors (Lipinski definition) is 5. The summed E-state index contributed by atoms with van der Waals surface area (Å²) in [7, 11) is 1.62. The monoisotopic (exact) mass is 254 g/mol. The van der Waals surface area contributed by atoms with Crippen LogP contribution in [0.2, 0.25) is 0 Å². The second kappa shape index (κ2) is 6.15. The van der Waals surface area contributed by atoms with E-state index in [0.29, 0.717) is 6.61 Å². The summed E-state index contributed by atoms with van der Waals surface area (Å²) in [6, 6.07) is 7.56. The summed E-state index contributed by atoms with van der Waals surface area (Å²) in [5, 5.41) is 18.7. The lowest BCUT2D eigenvalue weighted by atomic mass is 10.2. The molecule has 1 saturated heterocycles. The van der Waals surface area contributed by atoms with Gasteiger partial charge < -0.3 is 24.4 Å². The van der Waals surface area contributed by atoms with Crippen molar-refractivity contribution >= 4 is 0 Å². The van der Waals surface area contributed by atoms with E-state index < -0.39 is 18.5 Å². The van der Waals surface area contributed by atoms with Crippen LogP contribution in [0.15, 0.2) is 24.3 Å². The first-order chi connectivity index (χ1) is 8.69. The minimum absolute atomic E-state index is 0.247. The van der Waals surface area contributed by atoms with Gasteiger partial charge in [0.15, 0.2) is 6.29 Å². The van der Waals surface area contributed by atoms with Crippen molar-refractivity contribution in [3.05, 3.63) is 29.8 Å². The number of aliphatic hydroxyl groups excluding tert-OH is 2. The van der Waals surface area contributed by atoms with Gasteiger partial charge in [-0.05, 0) is 17.7 Å². The largest absolute Gasteiger partial charge is 0.497 e. The molecule has 18 heavy (non-hydrogen) atoms. The van der Waals surface area contributed by atoms with Gasteiger partial charge in [0.05, 0.1) is 26.4 Å². The van der Waals surface area contributed by atoms with Crippen LogP contribution in [0, 0.1) is 0 Å². The third-order valence-electron chi connectivity index (χ3n) is 2.91. The molecule has 0 aromatic heterocycles. The second-order valence-corrected chi connectivity index (χ2v) is 4.30. The van der Waals surface area contributed by atoms with Crippen LogP contribution in [0.4, 0.5) is 0 Å². The summed E-state index contributed by atoms with van der Waals surface area (Å²) in [6.45, 7) is 0.705. The Morgan fingerprint density at radius 1 is 1.28 bits per heavy atom. The van der Waals surface area contributed by atoms with Gasteiger partial charge in [-0.25, -0.2) is 0 Å². The Morgan fingerprint density at radius 2 is 2.00 bits per heavy atom. The fourth-order valence-electron chi connectivity index (χ4n) is 1.87. The van der Waals surface area contributed by atoms with Gasteiger partial charge in [0, 0.05) is 6.42 Å². The molecule has 0 amide bonds. The van der Waals surface area contributed by atoms with E-state index >= 15 is 0 Å². The molecule has 1 aromatic carbocycles. The van der Waals surface area contributed by atoms with Crippen molar-refractivity contribution in [3.8, 4) is 5.75 Å². The molecule has 0 radical (unpaired) electrons. The molecule has 5 heteroatoms. The SMILES string of the molecule is COc1ccc(COC[C@@H]2OC(O)C[C@@H]2O)cc1. The standard InChI is InChI=1S/C13H18O5/c1-16-10-4-2-9(3-5-10)7-17-8-12-11(14)6-13(15)18-12/h2-5,11-15H,6-8H2,1H3/t11-,12-,13?/m0/s1. The molecule has 1 fully saturated rings. The van der Waals surface area contributed by atoms with Gasteiger partial charge in [-0.1, -0.05) is 12.1 Å². The molecule has 100 valence electrons. The first-order valence-corrected chi connectivity index (χ1v) is 5.91. The summed E-state index contributed by atoms with van der Waals surface area (Å²) in [5.41, 5.74) is 1.02. The Balaban J connectivity index is 1.74. The summed E-state index contributed by atoms with van der Waals surface area (Å²) in [5.74, 6) is 0.802. The van der Waals surface area contributed by atoms with Crippen LogP contribution in [0.25, 0.3) is 0 Å². The lowest BCUT2D eigenvalue weighted by Crippen LogP contribution is -2.26. The zero-order chi connectivity index (χ0) is 13.0. The average molecular weight is 254 g/mol. The van der Waals surface area contributed by atoms with Gasteiger partial charge in [-0.15, -0.1) is 0 Å². The summed E-state index contributed by atoms with van der Waals surface area (Å²) < 4.78 is 15.6. The second-order valence-electron chi connectivity index (χ2n) is 4.30. The van der Waals surface area contributed by atoms with Gasteiger partial charge in [0.2, 0.25) is 0 Å². The highest BCUT2D eigenvalue weighted by Crippen LogP contribution is 2.19. The maximum atomic E-state index is 9.54. The van der Waals surface area contributed by atoms with Gasteiger partial charge in [-0.2, -0.15) is 0 Å². The fourth-order valence-corrected chi connectivity index (χ4v) is 1.87. The maximum Gasteiger partial charge on any atom is 0.157 e. The number of benzene rings is 1. The van der Waals surface area contributed by atoms with Crippen molar-refractivity contribution in [2.45, 2.75) is 31.5 Å². The Labute approximate surface area is 106 Å². The zero-order valence-electron chi connectivity index (χ0n) is 10.3. The van der Waals surface area contributed by atoms with Crippen molar-refractivity contribution in [2.75, 3.05) is 13.7 Å². The Bertz CT molecular complexity index is 364. The minimum atomic E-state index is -0.880.